The molecule has 0 radical (unpaired) electrons. The van der Waals surface area contributed by atoms with Gasteiger partial charge in [-0.05, 0) is 91.1 Å². The Labute approximate surface area is 308 Å². The van der Waals surface area contributed by atoms with E-state index in [0.717, 1.165) is 64.2 Å². The van der Waals surface area contributed by atoms with Crippen molar-refractivity contribution in [2.75, 3.05) is 33.8 Å². The normalized spacial score (nSPS) is 12.6. The van der Waals surface area contributed by atoms with E-state index in [0.29, 0.717) is 13.0 Å². The van der Waals surface area contributed by atoms with Gasteiger partial charge in [0.1, 0.15) is 6.04 Å². The number of unbranched alkanes of at least 4 members (excludes halogenated alkanes) is 17. The van der Waals surface area contributed by atoms with Crippen molar-refractivity contribution in [1.82, 2.24) is 15.5 Å². The molecule has 288 valence electrons. The third-order valence-corrected chi connectivity index (χ3v) is 8.53. The van der Waals surface area contributed by atoms with Gasteiger partial charge >= 0.3 is 5.97 Å². The summed E-state index contributed by atoms with van der Waals surface area (Å²) in [6.45, 7) is 5.00. The molecular formula is C43H77N3O4. The second-order valence-electron chi connectivity index (χ2n) is 13.9. The molecule has 0 rings (SSSR count). The van der Waals surface area contributed by atoms with E-state index in [-0.39, 0.29) is 24.9 Å². The van der Waals surface area contributed by atoms with Crippen LogP contribution in [0.15, 0.2) is 48.6 Å². The fraction of sp³-hybridized carbons (Fsp3) is 0.744. The van der Waals surface area contributed by atoms with E-state index in [2.05, 4.69) is 73.1 Å². The highest BCUT2D eigenvalue weighted by Gasteiger charge is 2.23. The van der Waals surface area contributed by atoms with Crippen molar-refractivity contribution in [3.63, 3.8) is 0 Å². The van der Waals surface area contributed by atoms with Crippen LogP contribution >= 0.6 is 0 Å². The fourth-order valence-corrected chi connectivity index (χ4v) is 5.49. The average molecular weight is 700 g/mol. The Kier molecular flexibility index (Phi) is 35.6. The number of hydrogen-bond donors (Lipinski definition) is 2. The van der Waals surface area contributed by atoms with Crippen LogP contribution in [0.3, 0.4) is 0 Å². The summed E-state index contributed by atoms with van der Waals surface area (Å²) >= 11 is 0. The molecule has 0 aliphatic carbocycles. The largest absolute Gasteiger partial charge is 0.464 e. The number of likely N-dealkylation sites (N-methyl/N-ethyl adjacent to an activating group) is 1. The lowest BCUT2D eigenvalue weighted by molar-refractivity contribution is -0.148. The van der Waals surface area contributed by atoms with E-state index in [1.807, 2.05) is 0 Å². The van der Waals surface area contributed by atoms with Gasteiger partial charge in [0, 0.05) is 13.0 Å². The van der Waals surface area contributed by atoms with Crippen molar-refractivity contribution >= 4 is 17.8 Å². The predicted molar refractivity (Wildman–Crippen MR) is 213 cm³/mol. The summed E-state index contributed by atoms with van der Waals surface area (Å²) in [5.41, 5.74) is 0. The molecule has 0 aromatic carbocycles. The zero-order valence-corrected chi connectivity index (χ0v) is 32.9. The van der Waals surface area contributed by atoms with Gasteiger partial charge < -0.3 is 20.3 Å². The Hall–Kier alpha value is -2.67. The Morgan fingerprint density at radius 3 is 1.48 bits per heavy atom. The summed E-state index contributed by atoms with van der Waals surface area (Å²) < 4.78 is 5.51. The van der Waals surface area contributed by atoms with Crippen molar-refractivity contribution in [2.45, 2.75) is 174 Å². The number of amides is 2. The van der Waals surface area contributed by atoms with Crippen molar-refractivity contribution in [2.24, 2.45) is 0 Å². The molecule has 0 aromatic rings. The molecule has 0 bridgehead atoms. The van der Waals surface area contributed by atoms with E-state index < -0.39 is 12.0 Å². The van der Waals surface area contributed by atoms with Crippen LogP contribution in [0.4, 0.5) is 0 Å². The molecule has 0 spiro atoms. The van der Waals surface area contributed by atoms with Gasteiger partial charge in [0.2, 0.25) is 11.8 Å². The van der Waals surface area contributed by atoms with E-state index in [1.54, 1.807) is 19.0 Å². The summed E-state index contributed by atoms with van der Waals surface area (Å²) in [6.07, 6.45) is 44.9. The minimum absolute atomic E-state index is 0.0425. The third kappa shape index (κ3) is 35.2. The average Bonchev–Trinajstić information content (AvgIpc) is 3.09. The highest BCUT2D eigenvalue weighted by Crippen LogP contribution is 2.10. The van der Waals surface area contributed by atoms with Gasteiger partial charge in [-0.15, -0.1) is 0 Å². The van der Waals surface area contributed by atoms with E-state index >= 15 is 0 Å². The molecular weight excluding hydrogens is 622 g/mol. The molecule has 0 aromatic heterocycles. The second kappa shape index (κ2) is 37.6. The number of nitrogens with one attached hydrogen (secondary N) is 2. The lowest BCUT2D eigenvalue weighted by Gasteiger charge is -2.19. The molecule has 0 saturated heterocycles. The highest BCUT2D eigenvalue weighted by atomic mass is 16.5. The number of allylic oxidation sites excluding steroid dienone is 8. The smallest absolute Gasteiger partial charge is 0.330 e. The van der Waals surface area contributed by atoms with Crippen LogP contribution in [0.1, 0.15) is 168 Å². The molecule has 2 N–H and O–H groups in total. The van der Waals surface area contributed by atoms with Gasteiger partial charge in [0.15, 0.2) is 0 Å². The van der Waals surface area contributed by atoms with Crippen LogP contribution in [-0.2, 0) is 19.1 Å². The minimum atomic E-state index is -0.888. The van der Waals surface area contributed by atoms with Crippen LogP contribution in [-0.4, -0.2) is 62.5 Å². The summed E-state index contributed by atoms with van der Waals surface area (Å²) in [7, 11) is 3.59. The minimum Gasteiger partial charge on any atom is -0.464 e. The van der Waals surface area contributed by atoms with Gasteiger partial charge in [0.05, 0.1) is 13.2 Å². The molecule has 2 amide bonds. The summed E-state index contributed by atoms with van der Waals surface area (Å²) in [6, 6.07) is -0.888. The molecule has 0 heterocycles. The third-order valence-electron chi connectivity index (χ3n) is 8.53. The lowest BCUT2D eigenvalue weighted by Crippen LogP contribution is -2.51. The molecule has 1 unspecified atom stereocenters. The van der Waals surface area contributed by atoms with Gasteiger partial charge in [-0.2, -0.15) is 0 Å². The van der Waals surface area contributed by atoms with Crippen molar-refractivity contribution in [3.05, 3.63) is 48.6 Å². The number of carbonyl (C=O) groups excluding carboxylic acids is 3. The van der Waals surface area contributed by atoms with E-state index in [1.165, 1.54) is 83.5 Å². The summed E-state index contributed by atoms with van der Waals surface area (Å²) in [5, 5.41) is 5.58. The molecule has 1 atom stereocenters. The fourth-order valence-electron chi connectivity index (χ4n) is 5.49. The zero-order chi connectivity index (χ0) is 36.8. The van der Waals surface area contributed by atoms with Crippen LogP contribution in [0, 0.1) is 0 Å². The first-order valence-corrected chi connectivity index (χ1v) is 20.4. The first-order chi connectivity index (χ1) is 24.4. The van der Waals surface area contributed by atoms with Crippen LogP contribution in [0.2, 0.25) is 0 Å². The van der Waals surface area contributed by atoms with Gasteiger partial charge in [-0.3, -0.25) is 9.59 Å². The van der Waals surface area contributed by atoms with E-state index in [9.17, 15) is 14.4 Å². The Morgan fingerprint density at radius 2 is 1.00 bits per heavy atom. The van der Waals surface area contributed by atoms with Crippen molar-refractivity contribution in [3.8, 4) is 0 Å². The topological polar surface area (TPSA) is 87.7 Å². The number of esters is 1. The predicted octanol–water partition coefficient (Wildman–Crippen LogP) is 10.3. The molecule has 0 fully saturated rings. The van der Waals surface area contributed by atoms with Crippen LogP contribution < -0.4 is 10.6 Å². The maximum Gasteiger partial charge on any atom is 0.330 e. The van der Waals surface area contributed by atoms with Crippen molar-refractivity contribution < 1.29 is 19.1 Å². The molecule has 7 heteroatoms. The van der Waals surface area contributed by atoms with Gasteiger partial charge in [0.25, 0.3) is 0 Å². The zero-order valence-electron chi connectivity index (χ0n) is 32.9. The number of hydrogen-bond acceptors (Lipinski definition) is 5. The summed E-state index contributed by atoms with van der Waals surface area (Å²) in [4.78, 5) is 39.4. The standard InChI is InChI=1S/C43H77N3O4/c1-5-7-9-11-13-15-17-19-21-23-25-27-29-31-33-35-37-50-43(49)40(45-42(48)39-46(3)4)38-44-41(47)36-34-32-30-28-26-24-22-20-18-16-14-12-10-8-6-2/h13-16,19-22,40H,5-12,17-18,23-39H2,1-4H3,(H,44,47)(H,45,48)/b15-13-,16-14-,21-19-,22-20-. The maximum absolute atomic E-state index is 12.8. The number of nitrogens with zero attached hydrogens (tertiary/aromatic N) is 1. The SMILES string of the molecule is CCCCC/C=C\C/C=C\CCCCCCCCOC(=O)C(CNC(=O)CCCCCCC/C=C\C/C=C\CCCCC)NC(=O)CN(C)C. The molecule has 0 aliphatic rings. The van der Waals surface area contributed by atoms with E-state index in [4.69, 9.17) is 4.74 Å². The lowest BCUT2D eigenvalue weighted by atomic mass is 10.1. The molecule has 7 nitrogen and oxygen atoms in total. The number of rotatable bonds is 35. The monoisotopic (exact) mass is 700 g/mol. The first kappa shape index (κ1) is 47.3. The maximum atomic E-state index is 12.8. The number of ether oxygens (including phenoxy) is 1. The second-order valence-corrected chi connectivity index (χ2v) is 13.9. The molecule has 0 saturated carbocycles. The van der Waals surface area contributed by atoms with Crippen molar-refractivity contribution in [1.29, 1.82) is 0 Å². The summed E-state index contributed by atoms with van der Waals surface area (Å²) in [5.74, 6) is -0.855. The molecule has 50 heavy (non-hydrogen) atoms. The van der Waals surface area contributed by atoms with Crippen LogP contribution in [0.25, 0.3) is 0 Å². The Bertz CT molecular complexity index is 925. The quantitative estimate of drug-likeness (QED) is 0.0391. The van der Waals surface area contributed by atoms with Gasteiger partial charge in [-0.25, -0.2) is 4.79 Å². The highest BCUT2D eigenvalue weighted by molar-refractivity contribution is 5.86. The first-order valence-electron chi connectivity index (χ1n) is 20.4. The number of carbonyl (C=O) groups is 3. The Balaban J connectivity index is 4.10. The Morgan fingerprint density at radius 1 is 0.560 bits per heavy atom. The molecule has 0 aliphatic heterocycles. The van der Waals surface area contributed by atoms with Gasteiger partial charge in [-0.1, -0.05) is 133 Å². The van der Waals surface area contributed by atoms with Crippen LogP contribution in [0.5, 0.6) is 0 Å².